The van der Waals surface area contributed by atoms with Crippen molar-refractivity contribution < 1.29 is 0 Å². The van der Waals surface area contributed by atoms with Gasteiger partial charge in [-0.1, -0.05) is 54.6 Å². The monoisotopic (exact) mass is 289 g/mol. The quantitative estimate of drug-likeness (QED) is 0.498. The second-order valence-electron chi connectivity index (χ2n) is 4.25. The Morgan fingerprint density at radius 3 is 0.952 bits per heavy atom. The summed E-state index contributed by atoms with van der Waals surface area (Å²) in [5.41, 5.74) is 0. The zero-order valence-electron chi connectivity index (χ0n) is 11.5. The summed E-state index contributed by atoms with van der Waals surface area (Å²) in [5.74, 6) is 0. The Kier molecular flexibility index (Phi) is 5.63. The van der Waals surface area contributed by atoms with Crippen LogP contribution in [0.2, 0.25) is 0 Å². The van der Waals surface area contributed by atoms with Crippen molar-refractivity contribution in [1.82, 2.24) is 0 Å². The molecular formula is C19H15NS. The Hall–Kier alpha value is -2.50. The Labute approximate surface area is 128 Å². The van der Waals surface area contributed by atoms with E-state index >= 15 is 0 Å². The van der Waals surface area contributed by atoms with Gasteiger partial charge >= 0.3 is 0 Å². The molecule has 0 amide bonds. The minimum Gasteiger partial charge on any atom is -0.512 e. The van der Waals surface area contributed by atoms with Crippen molar-refractivity contribution in [3.63, 3.8) is 0 Å². The zero-order chi connectivity index (χ0) is 14.9. The first-order valence-electron chi connectivity index (χ1n) is 6.57. The first-order chi connectivity index (χ1) is 10.4. The van der Waals surface area contributed by atoms with E-state index in [1.54, 1.807) is 0 Å². The smallest absolute Gasteiger partial charge is 0.166 e. The van der Waals surface area contributed by atoms with E-state index < -0.39 is 0 Å². The molecule has 2 heteroatoms. The molecule has 0 saturated carbocycles. The van der Waals surface area contributed by atoms with E-state index in [0.29, 0.717) is 0 Å². The first-order valence-corrected chi connectivity index (χ1v) is 7.79. The average molecular weight is 289 g/mol. The van der Waals surface area contributed by atoms with Crippen LogP contribution in [-0.4, -0.2) is 0 Å². The van der Waals surface area contributed by atoms with E-state index in [1.807, 2.05) is 0 Å². The Morgan fingerprint density at radius 1 is 0.476 bits per heavy atom. The number of hydrogen-bond acceptors (Lipinski definition) is 1. The van der Waals surface area contributed by atoms with Crippen LogP contribution in [0.3, 0.4) is 0 Å². The molecule has 0 unspecified atom stereocenters. The first kappa shape index (κ1) is 14.9. The highest BCUT2D eigenvalue weighted by Crippen LogP contribution is 2.30. The Balaban J connectivity index is 0.000000774. The molecule has 21 heavy (non-hydrogen) atoms. The van der Waals surface area contributed by atoms with Gasteiger partial charge in [0.25, 0.3) is 0 Å². The van der Waals surface area contributed by atoms with Gasteiger partial charge in [0, 0.05) is 0 Å². The standard InChI is InChI=1S/C18H15S.CN/c1-4-10-16(11-5-1)19(17-12-6-2-7-13-17)18-14-8-3-9-15-18;1-2/h1-15H;/q+1;-1. The molecule has 0 aliphatic rings. The zero-order valence-corrected chi connectivity index (χ0v) is 12.3. The lowest BCUT2D eigenvalue weighted by Crippen LogP contribution is -2.04. The van der Waals surface area contributed by atoms with Gasteiger partial charge in [-0.3, -0.25) is 0 Å². The molecule has 102 valence electrons. The van der Waals surface area contributed by atoms with Gasteiger partial charge in [-0.05, 0) is 36.4 Å². The largest absolute Gasteiger partial charge is 0.512 e. The Morgan fingerprint density at radius 2 is 0.714 bits per heavy atom. The number of nitrogens with zero attached hydrogens (tertiary/aromatic N) is 1. The van der Waals surface area contributed by atoms with Crippen LogP contribution in [0.15, 0.2) is 106 Å². The van der Waals surface area contributed by atoms with Crippen LogP contribution >= 0.6 is 0 Å². The summed E-state index contributed by atoms with van der Waals surface area (Å²) in [4.78, 5) is 4.08. The van der Waals surface area contributed by atoms with Crippen LogP contribution in [0.5, 0.6) is 0 Å². The highest BCUT2D eigenvalue weighted by Gasteiger charge is 2.27. The lowest BCUT2D eigenvalue weighted by molar-refractivity contribution is 1.32. The van der Waals surface area contributed by atoms with Crippen molar-refractivity contribution in [3.8, 4) is 0 Å². The van der Waals surface area contributed by atoms with Gasteiger partial charge in [-0.15, -0.1) is 0 Å². The van der Waals surface area contributed by atoms with Crippen LogP contribution in [0.25, 0.3) is 0 Å². The van der Waals surface area contributed by atoms with Gasteiger partial charge in [0.15, 0.2) is 14.7 Å². The maximum atomic E-state index is 6.25. The maximum Gasteiger partial charge on any atom is 0.166 e. The molecule has 0 atom stereocenters. The summed E-state index contributed by atoms with van der Waals surface area (Å²) in [6, 6.07) is 32.2. The molecule has 0 radical (unpaired) electrons. The number of rotatable bonds is 3. The molecular weight excluding hydrogens is 274 g/mol. The third-order valence-corrected chi connectivity index (χ3v) is 5.17. The van der Waals surface area contributed by atoms with Crippen LogP contribution in [0.4, 0.5) is 0 Å². The fraction of sp³-hybridized carbons (Fsp3) is 0. The summed E-state index contributed by atoms with van der Waals surface area (Å²) >= 11 is 0. The normalized spacial score (nSPS) is 9.67. The molecule has 0 aliphatic heterocycles. The van der Waals surface area contributed by atoms with Crippen molar-refractivity contribution in [3.05, 3.63) is 97.6 Å². The average Bonchev–Trinajstić information content (AvgIpc) is 2.60. The third-order valence-electron chi connectivity index (χ3n) is 2.94. The van der Waals surface area contributed by atoms with Crippen molar-refractivity contribution in [2.24, 2.45) is 0 Å². The van der Waals surface area contributed by atoms with Crippen molar-refractivity contribution in [2.75, 3.05) is 0 Å². The molecule has 0 aromatic heterocycles. The van der Waals surface area contributed by atoms with Gasteiger partial charge in [0.2, 0.25) is 0 Å². The summed E-state index contributed by atoms with van der Waals surface area (Å²) in [5, 5.41) is 6.25. The van der Waals surface area contributed by atoms with Crippen LogP contribution in [0.1, 0.15) is 0 Å². The lowest BCUT2D eigenvalue weighted by atomic mass is 10.4. The van der Waals surface area contributed by atoms with Gasteiger partial charge in [-0.25, -0.2) is 0 Å². The molecule has 0 spiro atoms. The summed E-state index contributed by atoms with van der Waals surface area (Å²) < 4.78 is 0. The molecule has 0 aliphatic carbocycles. The number of hydrogen-bond donors (Lipinski definition) is 0. The number of benzene rings is 3. The fourth-order valence-electron chi connectivity index (χ4n) is 2.08. The molecule has 3 rings (SSSR count). The molecule has 3 aromatic rings. The lowest BCUT2D eigenvalue weighted by Gasteiger charge is -2.07. The molecule has 0 bridgehead atoms. The van der Waals surface area contributed by atoms with Gasteiger partial charge in [-0.2, -0.15) is 0 Å². The van der Waals surface area contributed by atoms with E-state index in [4.69, 9.17) is 11.8 Å². The minimum atomic E-state index is -0.0146. The van der Waals surface area contributed by atoms with E-state index in [0.717, 1.165) is 0 Å². The summed E-state index contributed by atoms with van der Waals surface area (Å²) in [6.45, 7) is 4.75. The third kappa shape index (κ3) is 3.75. The minimum absolute atomic E-state index is 0.0146. The van der Waals surface area contributed by atoms with E-state index in [9.17, 15) is 0 Å². The van der Waals surface area contributed by atoms with E-state index in [-0.39, 0.29) is 10.9 Å². The SMILES string of the molecule is [C-]#N.c1ccc([S+](c2ccccc2)c2ccccc2)cc1. The second-order valence-corrected chi connectivity index (χ2v) is 6.27. The molecule has 0 N–H and O–H groups in total. The van der Waals surface area contributed by atoms with Crippen LogP contribution < -0.4 is 0 Å². The molecule has 0 saturated heterocycles. The predicted octanol–water partition coefficient (Wildman–Crippen LogP) is 4.88. The Bertz CT molecular complexity index is 569. The predicted molar refractivity (Wildman–Crippen MR) is 86.5 cm³/mol. The van der Waals surface area contributed by atoms with E-state index in [2.05, 4.69) is 91.0 Å². The topological polar surface area (TPSA) is 23.8 Å². The van der Waals surface area contributed by atoms with Gasteiger partial charge in [0.05, 0.1) is 10.9 Å². The molecule has 0 fully saturated rings. The highest BCUT2D eigenvalue weighted by molar-refractivity contribution is 7.97. The van der Waals surface area contributed by atoms with Gasteiger partial charge < -0.3 is 11.8 Å². The highest BCUT2D eigenvalue weighted by atomic mass is 32.2. The molecule has 0 heterocycles. The molecule has 1 nitrogen and oxygen atoms in total. The van der Waals surface area contributed by atoms with Crippen molar-refractivity contribution in [1.29, 1.82) is 5.26 Å². The van der Waals surface area contributed by atoms with Crippen LogP contribution in [-0.2, 0) is 10.9 Å². The van der Waals surface area contributed by atoms with Crippen molar-refractivity contribution >= 4 is 10.9 Å². The fourth-order valence-corrected chi connectivity index (χ4v) is 4.18. The maximum absolute atomic E-state index is 6.25. The van der Waals surface area contributed by atoms with Gasteiger partial charge in [0.1, 0.15) is 0 Å². The summed E-state index contributed by atoms with van der Waals surface area (Å²) in [6.07, 6.45) is 0. The molecule has 3 aromatic carbocycles. The second kappa shape index (κ2) is 7.94. The van der Waals surface area contributed by atoms with Crippen molar-refractivity contribution in [2.45, 2.75) is 14.7 Å². The van der Waals surface area contributed by atoms with E-state index in [1.165, 1.54) is 14.7 Å². The summed E-state index contributed by atoms with van der Waals surface area (Å²) in [7, 11) is -0.0146. The van der Waals surface area contributed by atoms with Crippen LogP contribution in [0, 0.1) is 11.8 Å².